The maximum atomic E-state index is 12.7. The Balaban J connectivity index is 2.08. The molecule has 0 amide bonds. The lowest BCUT2D eigenvalue weighted by Crippen LogP contribution is -2.44. The molecule has 42 heavy (non-hydrogen) atoms. The standard InChI is InChI=1S/C33H36Br2O5SSi/c1-9-38-31(36)26(32(37)39-10-2)18-23-11-12-24(20-29(23)40-42(7,8)33(4,5)6)30-16-15-25(41-30)14-13-22-19-27(34)21(3)17-28(22)35/h11-12,15-20H,9-10H2,1-8H3. The van der Waals surface area contributed by atoms with Crippen LogP contribution in [0, 0.1) is 18.8 Å². The Hall–Kier alpha value is -2.64. The fourth-order valence-corrected chi connectivity index (χ4v) is 6.32. The van der Waals surface area contributed by atoms with Gasteiger partial charge in [-0.2, -0.15) is 0 Å². The van der Waals surface area contributed by atoms with Crippen LogP contribution in [0.1, 0.15) is 56.2 Å². The third-order valence-electron chi connectivity index (χ3n) is 6.93. The number of halogens is 2. The van der Waals surface area contributed by atoms with Gasteiger partial charge in [0.15, 0.2) is 0 Å². The van der Waals surface area contributed by atoms with Gasteiger partial charge < -0.3 is 13.9 Å². The number of thiophene rings is 1. The molecule has 0 fully saturated rings. The number of aryl methyl sites for hydroxylation is 1. The SMILES string of the molecule is CCOC(=O)C(=Cc1ccc(-c2ccc(C#Cc3cc(Br)c(C)cc3Br)s2)cc1O[Si](C)(C)C(C)(C)C)C(=O)OCC. The number of carbonyl (C=O) groups excluding carboxylic acids is 2. The van der Waals surface area contributed by atoms with Gasteiger partial charge in [0, 0.05) is 24.9 Å². The highest BCUT2D eigenvalue weighted by Gasteiger charge is 2.39. The summed E-state index contributed by atoms with van der Waals surface area (Å²) in [4.78, 5) is 27.3. The highest BCUT2D eigenvalue weighted by molar-refractivity contribution is 9.11. The predicted octanol–water partition coefficient (Wildman–Crippen LogP) is 9.54. The van der Waals surface area contributed by atoms with Gasteiger partial charge in [0.1, 0.15) is 11.3 Å². The van der Waals surface area contributed by atoms with Crippen molar-refractivity contribution in [2.24, 2.45) is 0 Å². The molecular formula is C33H36Br2O5SSi. The number of benzene rings is 2. The molecule has 0 atom stereocenters. The van der Waals surface area contributed by atoms with Crippen LogP contribution in [-0.2, 0) is 19.1 Å². The zero-order valence-electron chi connectivity index (χ0n) is 25.2. The van der Waals surface area contributed by atoms with Crippen LogP contribution in [0.5, 0.6) is 5.75 Å². The molecule has 3 aromatic rings. The first-order valence-corrected chi connectivity index (χ1v) is 18.9. The van der Waals surface area contributed by atoms with Crippen LogP contribution in [0.25, 0.3) is 16.5 Å². The Bertz CT molecular complexity index is 1550. The summed E-state index contributed by atoms with van der Waals surface area (Å²) >= 11 is 8.77. The maximum Gasteiger partial charge on any atom is 0.345 e. The van der Waals surface area contributed by atoms with Crippen molar-refractivity contribution in [2.45, 2.75) is 59.7 Å². The van der Waals surface area contributed by atoms with Crippen molar-refractivity contribution in [1.82, 2.24) is 0 Å². The Labute approximate surface area is 271 Å². The van der Waals surface area contributed by atoms with E-state index in [1.807, 2.05) is 49.4 Å². The van der Waals surface area contributed by atoms with Crippen LogP contribution < -0.4 is 4.43 Å². The lowest BCUT2D eigenvalue weighted by molar-refractivity contribution is -0.146. The molecule has 3 rings (SSSR count). The molecule has 0 bridgehead atoms. The number of rotatable bonds is 8. The van der Waals surface area contributed by atoms with Crippen molar-refractivity contribution in [3.8, 4) is 28.0 Å². The van der Waals surface area contributed by atoms with Crippen molar-refractivity contribution in [2.75, 3.05) is 13.2 Å². The zero-order valence-corrected chi connectivity index (χ0v) is 30.2. The molecule has 222 valence electrons. The highest BCUT2D eigenvalue weighted by Crippen LogP contribution is 2.40. The summed E-state index contributed by atoms with van der Waals surface area (Å²) in [5.41, 5.74) is 3.42. The summed E-state index contributed by atoms with van der Waals surface area (Å²) < 4.78 is 19.0. The van der Waals surface area contributed by atoms with Crippen LogP contribution in [-0.4, -0.2) is 33.5 Å². The molecule has 1 heterocycles. The molecule has 0 radical (unpaired) electrons. The topological polar surface area (TPSA) is 61.8 Å². The number of hydrogen-bond donors (Lipinski definition) is 0. The molecule has 0 aliphatic carbocycles. The van der Waals surface area contributed by atoms with E-state index >= 15 is 0 Å². The number of hydrogen-bond acceptors (Lipinski definition) is 6. The Kier molecular flexibility index (Phi) is 11.5. The average molecular weight is 733 g/mol. The van der Waals surface area contributed by atoms with Crippen LogP contribution in [0.15, 0.2) is 57.0 Å². The first-order chi connectivity index (χ1) is 19.7. The summed E-state index contributed by atoms with van der Waals surface area (Å²) in [6, 6.07) is 13.9. The summed E-state index contributed by atoms with van der Waals surface area (Å²) in [5.74, 6) is 5.68. The van der Waals surface area contributed by atoms with Gasteiger partial charge in [-0.05, 0) is 102 Å². The molecule has 2 aromatic carbocycles. The van der Waals surface area contributed by atoms with Crippen LogP contribution >= 0.6 is 43.2 Å². The second-order valence-corrected chi connectivity index (χ2v) is 18.6. The third kappa shape index (κ3) is 8.47. The summed E-state index contributed by atoms with van der Waals surface area (Å²) in [6.07, 6.45) is 1.51. The minimum absolute atomic E-state index is 0.0694. The van der Waals surface area contributed by atoms with Crippen molar-refractivity contribution in [3.63, 3.8) is 0 Å². The smallest absolute Gasteiger partial charge is 0.345 e. The molecule has 5 nitrogen and oxygen atoms in total. The first-order valence-electron chi connectivity index (χ1n) is 13.6. The number of esters is 2. The van der Waals surface area contributed by atoms with E-state index in [2.05, 4.69) is 77.6 Å². The quantitative estimate of drug-likeness (QED) is 0.0577. The van der Waals surface area contributed by atoms with E-state index in [-0.39, 0.29) is 23.8 Å². The predicted molar refractivity (Wildman–Crippen MR) is 181 cm³/mol. The van der Waals surface area contributed by atoms with Crippen LogP contribution in [0.3, 0.4) is 0 Å². The number of ether oxygens (including phenoxy) is 2. The van der Waals surface area contributed by atoms with Gasteiger partial charge in [0.2, 0.25) is 0 Å². The monoisotopic (exact) mass is 730 g/mol. The van der Waals surface area contributed by atoms with E-state index in [9.17, 15) is 9.59 Å². The van der Waals surface area contributed by atoms with Gasteiger partial charge in [-0.15, -0.1) is 11.3 Å². The Morgan fingerprint density at radius 2 is 1.57 bits per heavy atom. The van der Waals surface area contributed by atoms with Crippen molar-refractivity contribution >= 4 is 69.5 Å². The van der Waals surface area contributed by atoms with Crippen molar-refractivity contribution in [3.05, 3.63) is 78.6 Å². The Morgan fingerprint density at radius 1 is 0.929 bits per heavy atom. The molecule has 0 saturated heterocycles. The van der Waals surface area contributed by atoms with Gasteiger partial charge in [-0.3, -0.25) is 0 Å². The van der Waals surface area contributed by atoms with E-state index in [1.165, 1.54) is 6.08 Å². The summed E-state index contributed by atoms with van der Waals surface area (Å²) in [6.45, 7) is 16.5. The largest absolute Gasteiger partial charge is 0.543 e. The molecule has 0 saturated carbocycles. The fourth-order valence-electron chi connectivity index (χ4n) is 3.53. The molecule has 0 aliphatic heterocycles. The normalized spacial score (nSPS) is 11.3. The molecule has 0 N–H and O–H groups in total. The highest BCUT2D eigenvalue weighted by atomic mass is 79.9. The summed E-state index contributed by atoms with van der Waals surface area (Å²) in [7, 11) is -2.28. The van der Waals surface area contributed by atoms with Crippen LogP contribution in [0.4, 0.5) is 0 Å². The van der Waals surface area contributed by atoms with Gasteiger partial charge >= 0.3 is 11.9 Å². The first kappa shape index (κ1) is 33.9. The second-order valence-electron chi connectivity index (χ2n) is 11.1. The van der Waals surface area contributed by atoms with E-state index in [4.69, 9.17) is 13.9 Å². The minimum atomic E-state index is -2.28. The fraction of sp³-hybridized carbons (Fsp3) is 0.333. The third-order valence-corrected chi connectivity index (χ3v) is 13.8. The van der Waals surface area contributed by atoms with E-state index in [0.717, 1.165) is 35.4 Å². The lowest BCUT2D eigenvalue weighted by atomic mass is 10.1. The summed E-state index contributed by atoms with van der Waals surface area (Å²) in [5, 5.41) is -0.0694. The van der Waals surface area contributed by atoms with E-state index in [0.29, 0.717) is 11.3 Å². The van der Waals surface area contributed by atoms with Gasteiger partial charge in [0.25, 0.3) is 8.32 Å². The molecule has 9 heteroatoms. The van der Waals surface area contributed by atoms with Gasteiger partial charge in [0.05, 0.1) is 18.1 Å². The van der Waals surface area contributed by atoms with E-state index in [1.54, 1.807) is 25.2 Å². The minimum Gasteiger partial charge on any atom is -0.543 e. The van der Waals surface area contributed by atoms with Gasteiger partial charge in [-0.1, -0.05) is 60.7 Å². The Morgan fingerprint density at radius 3 is 2.17 bits per heavy atom. The van der Waals surface area contributed by atoms with Crippen molar-refractivity contribution in [1.29, 1.82) is 0 Å². The average Bonchev–Trinajstić information content (AvgIpc) is 3.37. The van der Waals surface area contributed by atoms with E-state index < -0.39 is 20.3 Å². The molecular weight excluding hydrogens is 696 g/mol. The second kappa shape index (κ2) is 14.2. The zero-order chi connectivity index (χ0) is 31.2. The lowest BCUT2D eigenvalue weighted by Gasteiger charge is -2.37. The van der Waals surface area contributed by atoms with Crippen LogP contribution in [0.2, 0.25) is 18.1 Å². The number of carbonyl (C=O) groups is 2. The molecule has 1 aromatic heterocycles. The molecule has 0 unspecified atom stereocenters. The maximum absolute atomic E-state index is 12.7. The molecule has 0 spiro atoms. The van der Waals surface area contributed by atoms with Gasteiger partial charge in [-0.25, -0.2) is 9.59 Å². The van der Waals surface area contributed by atoms with Crippen molar-refractivity contribution < 1.29 is 23.5 Å². The molecule has 0 aliphatic rings.